The van der Waals surface area contributed by atoms with Crippen molar-refractivity contribution in [2.75, 3.05) is 0 Å². The van der Waals surface area contributed by atoms with E-state index in [9.17, 15) is 14.0 Å². The number of halogens is 1. The van der Waals surface area contributed by atoms with Crippen LogP contribution in [0.3, 0.4) is 0 Å². The van der Waals surface area contributed by atoms with Crippen LogP contribution in [-0.4, -0.2) is 16.5 Å². The highest BCUT2D eigenvalue weighted by Crippen LogP contribution is 2.21. The van der Waals surface area contributed by atoms with Crippen LogP contribution in [-0.2, 0) is 0 Å². The Bertz CT molecular complexity index is 1020. The van der Waals surface area contributed by atoms with Gasteiger partial charge in [-0.3, -0.25) is 4.79 Å². The Morgan fingerprint density at radius 1 is 1.15 bits per heavy atom. The number of rotatable bonds is 4. The van der Waals surface area contributed by atoms with Gasteiger partial charge in [-0.15, -0.1) is 0 Å². The molecule has 0 radical (unpaired) electrons. The van der Waals surface area contributed by atoms with Crippen LogP contribution in [0.1, 0.15) is 30.2 Å². The van der Waals surface area contributed by atoms with E-state index in [1.165, 1.54) is 24.3 Å². The maximum Gasteiger partial charge on any atom is 0.379 e. The van der Waals surface area contributed by atoms with Gasteiger partial charge in [-0.2, -0.15) is 0 Å². The van der Waals surface area contributed by atoms with Crippen LogP contribution in [0, 0.1) is 5.82 Å². The van der Waals surface area contributed by atoms with Crippen molar-refractivity contribution < 1.29 is 23.1 Å². The molecule has 0 atom stereocenters. The molecule has 0 saturated carbocycles. The van der Waals surface area contributed by atoms with Crippen molar-refractivity contribution in [3.63, 3.8) is 0 Å². The zero-order valence-electron chi connectivity index (χ0n) is 14.9. The number of esters is 1. The molecule has 136 valence electrons. The first-order valence-electron chi connectivity index (χ1n) is 8.35. The van der Waals surface area contributed by atoms with Gasteiger partial charge < -0.3 is 9.15 Å². The van der Waals surface area contributed by atoms with Crippen molar-refractivity contribution in [2.45, 2.75) is 13.8 Å². The van der Waals surface area contributed by atoms with Crippen molar-refractivity contribution in [3.8, 4) is 5.75 Å². The first kappa shape index (κ1) is 18.3. The molecule has 0 bridgehead atoms. The number of allylic oxidation sites excluding steroid dienone is 7. The van der Waals surface area contributed by atoms with Gasteiger partial charge in [-0.05, 0) is 61.9 Å². The van der Waals surface area contributed by atoms with Crippen LogP contribution in [0.2, 0.25) is 0 Å². The molecule has 2 aromatic rings. The summed E-state index contributed by atoms with van der Waals surface area (Å²) >= 11 is 0. The Labute approximate surface area is 156 Å². The quantitative estimate of drug-likeness (QED) is 0.330. The van der Waals surface area contributed by atoms with Crippen molar-refractivity contribution in [1.82, 2.24) is 0 Å². The molecule has 0 amide bonds. The fourth-order valence-electron chi connectivity index (χ4n) is 2.56. The van der Waals surface area contributed by atoms with Crippen molar-refractivity contribution in [1.29, 1.82) is 0 Å². The SMILES string of the molecule is CC=C1C=C(/C=C/c2ccc(C(=O)Oc3ccccc3F)o2)C=C(C)C1=[OH+]. The number of ether oxygens (including phenoxy) is 1. The first-order valence-corrected chi connectivity index (χ1v) is 8.35. The van der Waals surface area contributed by atoms with E-state index in [2.05, 4.69) is 0 Å². The van der Waals surface area contributed by atoms with Crippen LogP contribution in [0.15, 0.2) is 81.8 Å². The lowest BCUT2D eigenvalue weighted by Gasteiger charge is -2.05. The maximum absolute atomic E-state index is 13.6. The predicted octanol–water partition coefficient (Wildman–Crippen LogP) is 5.03. The molecule has 0 saturated heterocycles. The Hall–Kier alpha value is -3.47. The van der Waals surface area contributed by atoms with Gasteiger partial charge in [-0.1, -0.05) is 24.3 Å². The third-order valence-electron chi connectivity index (χ3n) is 3.97. The molecule has 1 N–H and O–H groups in total. The molecule has 4 nitrogen and oxygen atoms in total. The van der Waals surface area contributed by atoms with Crippen LogP contribution < -0.4 is 4.74 Å². The summed E-state index contributed by atoms with van der Waals surface area (Å²) in [6, 6.07) is 8.75. The van der Waals surface area contributed by atoms with E-state index in [4.69, 9.17) is 9.15 Å². The van der Waals surface area contributed by atoms with Gasteiger partial charge in [0, 0.05) is 0 Å². The Morgan fingerprint density at radius 3 is 2.67 bits per heavy atom. The normalized spacial score (nSPS) is 15.8. The smallest absolute Gasteiger partial charge is 0.379 e. The largest absolute Gasteiger partial charge is 0.450 e. The highest BCUT2D eigenvalue weighted by molar-refractivity contribution is 6.12. The summed E-state index contributed by atoms with van der Waals surface area (Å²) in [6.45, 7) is 3.67. The summed E-state index contributed by atoms with van der Waals surface area (Å²) in [4.78, 5) is 22.0. The van der Waals surface area contributed by atoms with Crippen molar-refractivity contribution in [3.05, 3.63) is 94.8 Å². The van der Waals surface area contributed by atoms with E-state index >= 15 is 0 Å². The highest BCUT2D eigenvalue weighted by Gasteiger charge is 2.20. The van der Waals surface area contributed by atoms with Gasteiger partial charge in [0.25, 0.3) is 0 Å². The van der Waals surface area contributed by atoms with E-state index in [-0.39, 0.29) is 17.3 Å². The van der Waals surface area contributed by atoms with Crippen LogP contribution in [0.5, 0.6) is 5.75 Å². The Kier molecular flexibility index (Phi) is 5.31. The molecule has 1 aliphatic carbocycles. The van der Waals surface area contributed by atoms with Crippen LogP contribution in [0.4, 0.5) is 4.39 Å². The second-order valence-corrected chi connectivity index (χ2v) is 5.92. The third kappa shape index (κ3) is 4.20. The van der Waals surface area contributed by atoms with Gasteiger partial charge in [0.2, 0.25) is 5.76 Å². The number of furan rings is 1. The molecule has 0 fully saturated rings. The molecule has 27 heavy (non-hydrogen) atoms. The molecule has 1 heterocycles. The summed E-state index contributed by atoms with van der Waals surface area (Å²) in [5.41, 5.74) is 2.38. The van der Waals surface area contributed by atoms with Gasteiger partial charge in [0.15, 0.2) is 11.6 Å². The maximum atomic E-state index is 13.6. The average molecular weight is 365 g/mol. The first-order chi connectivity index (χ1) is 13.0. The number of hydrogen-bond donors (Lipinski definition) is 0. The monoisotopic (exact) mass is 365 g/mol. The van der Waals surface area contributed by atoms with Crippen LogP contribution >= 0.6 is 0 Å². The molecule has 5 heteroatoms. The number of hydrogen-bond acceptors (Lipinski definition) is 3. The fourth-order valence-corrected chi connectivity index (χ4v) is 2.56. The molecule has 0 spiro atoms. The average Bonchev–Trinajstić information content (AvgIpc) is 3.13. The van der Waals surface area contributed by atoms with Crippen LogP contribution in [0.25, 0.3) is 6.08 Å². The second kappa shape index (κ2) is 7.83. The van der Waals surface area contributed by atoms with Gasteiger partial charge in [0.1, 0.15) is 5.76 Å². The summed E-state index contributed by atoms with van der Waals surface area (Å²) < 4.78 is 24.0. The van der Waals surface area contributed by atoms with E-state index in [0.29, 0.717) is 5.76 Å². The van der Waals surface area contributed by atoms with Crippen molar-refractivity contribution >= 4 is 17.8 Å². The number of ketones is 1. The molecular formula is C22H18FO4+. The molecule has 3 rings (SSSR count). The summed E-state index contributed by atoms with van der Waals surface area (Å²) in [6.07, 6.45) is 9.02. The lowest BCUT2D eigenvalue weighted by atomic mass is 9.94. The fraction of sp³-hybridized carbons (Fsp3) is 0.0909. The van der Waals surface area contributed by atoms with E-state index in [0.717, 1.165) is 16.7 Å². The molecule has 0 unspecified atom stereocenters. The van der Waals surface area contributed by atoms with E-state index in [1.807, 2.05) is 38.2 Å². The standard InChI is InChI=1S/C22H17FO4/c1-3-16-13-15(12-14(2)21(16)24)8-9-17-10-11-20(26-17)22(25)27-19-7-5-4-6-18(19)23/h3-13H,1-2H3/p+1/b9-8+,16-3?. The van der Waals surface area contributed by atoms with Gasteiger partial charge in [-0.25, -0.2) is 9.18 Å². The zero-order valence-corrected chi connectivity index (χ0v) is 14.9. The number of carbonyl (C=O) groups excluding carboxylic acids is 2. The zero-order chi connectivity index (χ0) is 19.4. The van der Waals surface area contributed by atoms with Crippen molar-refractivity contribution in [2.24, 2.45) is 0 Å². The predicted molar refractivity (Wildman–Crippen MR) is 102 cm³/mol. The Balaban J connectivity index is 1.73. The molecule has 1 aromatic heterocycles. The number of para-hydroxylation sites is 1. The van der Waals surface area contributed by atoms with E-state index < -0.39 is 11.8 Å². The van der Waals surface area contributed by atoms with E-state index in [1.54, 1.807) is 18.2 Å². The topological polar surface area (TPSA) is 60.8 Å². The van der Waals surface area contributed by atoms with Gasteiger partial charge in [0.05, 0.1) is 11.1 Å². The number of carbonyl (C=O) groups is 1. The lowest BCUT2D eigenvalue weighted by Crippen LogP contribution is -2.08. The molecular weight excluding hydrogens is 347 g/mol. The summed E-state index contributed by atoms with van der Waals surface area (Å²) in [5.74, 6) is -0.873. The third-order valence-corrected chi connectivity index (χ3v) is 3.97. The molecule has 1 aromatic carbocycles. The summed E-state index contributed by atoms with van der Waals surface area (Å²) in [7, 11) is 0. The minimum absolute atomic E-state index is 0.0256. The van der Waals surface area contributed by atoms with Gasteiger partial charge >= 0.3 is 11.8 Å². The number of benzene rings is 1. The minimum atomic E-state index is -0.775. The lowest BCUT2D eigenvalue weighted by molar-refractivity contribution is 0.0694. The highest BCUT2D eigenvalue weighted by atomic mass is 19.1. The minimum Gasteiger partial charge on any atom is -0.450 e. The summed E-state index contributed by atoms with van der Waals surface area (Å²) in [5, 5.41) is 0. The Morgan fingerprint density at radius 2 is 1.93 bits per heavy atom. The molecule has 1 aliphatic rings. The second-order valence-electron chi connectivity index (χ2n) is 5.92. The molecule has 0 aliphatic heterocycles.